The zero-order chi connectivity index (χ0) is 20.3. The Balaban J connectivity index is 2.04. The molecular formula is C21H23FN2O4. The molecule has 7 heteroatoms. The third-order valence-electron chi connectivity index (χ3n) is 4.83. The molecule has 1 saturated carbocycles. The summed E-state index contributed by atoms with van der Waals surface area (Å²) in [5, 5.41) is 9.66. The van der Waals surface area contributed by atoms with Crippen LogP contribution in [0.2, 0.25) is 0 Å². The van der Waals surface area contributed by atoms with Gasteiger partial charge in [-0.05, 0) is 55.9 Å². The lowest BCUT2D eigenvalue weighted by Crippen LogP contribution is -2.26. The molecule has 0 spiro atoms. The molecule has 2 aliphatic rings. The van der Waals surface area contributed by atoms with Gasteiger partial charge in [0.2, 0.25) is 5.88 Å². The summed E-state index contributed by atoms with van der Waals surface area (Å²) in [6, 6.07) is 6.24. The lowest BCUT2D eigenvalue weighted by molar-refractivity contribution is -0.139. The molecular weight excluding hydrogens is 363 g/mol. The Morgan fingerprint density at radius 2 is 2.18 bits per heavy atom. The number of hydrogen-bond acceptors (Lipinski definition) is 6. The molecule has 1 aliphatic carbocycles. The number of carbonyl (C=O) groups excluding carboxylic acids is 1. The lowest BCUT2D eigenvalue weighted by atomic mass is 9.81. The first-order valence-electron chi connectivity index (χ1n) is 9.27. The summed E-state index contributed by atoms with van der Waals surface area (Å²) >= 11 is 0. The van der Waals surface area contributed by atoms with E-state index in [0.717, 1.165) is 12.8 Å². The quantitative estimate of drug-likeness (QED) is 0.722. The SMILES string of the molecule is CCOC(=O)C1=C(C)OC(N)=C(C#N)C1c1ccc(F)cc1COCC1CC1. The molecule has 1 unspecified atom stereocenters. The van der Waals surface area contributed by atoms with E-state index >= 15 is 0 Å². The fourth-order valence-corrected chi connectivity index (χ4v) is 3.27. The molecule has 0 aromatic heterocycles. The second kappa shape index (κ2) is 8.44. The summed E-state index contributed by atoms with van der Waals surface area (Å²) in [7, 11) is 0. The highest BCUT2D eigenvalue weighted by atomic mass is 19.1. The Bertz CT molecular complexity index is 881. The maximum Gasteiger partial charge on any atom is 0.338 e. The summed E-state index contributed by atoms with van der Waals surface area (Å²) in [5.41, 5.74) is 7.31. The molecule has 1 fully saturated rings. The predicted octanol–water partition coefficient (Wildman–Crippen LogP) is 3.40. The van der Waals surface area contributed by atoms with Gasteiger partial charge in [0.05, 0.1) is 24.7 Å². The number of nitrogens with two attached hydrogens (primary N) is 1. The van der Waals surface area contributed by atoms with Crippen molar-refractivity contribution < 1.29 is 23.4 Å². The molecule has 1 aromatic rings. The monoisotopic (exact) mass is 386 g/mol. The van der Waals surface area contributed by atoms with Gasteiger partial charge in [0.25, 0.3) is 0 Å². The standard InChI is InChI=1S/C21H23FN2O4/c1-3-27-21(25)18-12(2)28-20(24)17(9-23)19(18)16-7-6-15(22)8-14(16)11-26-10-13-4-5-13/h6-8,13,19H,3-5,10-11,24H2,1-2H3. The average molecular weight is 386 g/mol. The van der Waals surface area contributed by atoms with E-state index in [1.54, 1.807) is 19.9 Å². The zero-order valence-electron chi connectivity index (χ0n) is 16.0. The van der Waals surface area contributed by atoms with Crippen molar-refractivity contribution >= 4 is 5.97 Å². The molecule has 1 aliphatic heterocycles. The summed E-state index contributed by atoms with van der Waals surface area (Å²) in [5.74, 6) is -1.09. The van der Waals surface area contributed by atoms with Gasteiger partial charge in [0.1, 0.15) is 23.2 Å². The minimum atomic E-state index is -0.807. The molecule has 0 bridgehead atoms. The molecule has 148 valence electrons. The largest absolute Gasteiger partial charge is 0.463 e. The molecule has 0 saturated heterocycles. The van der Waals surface area contributed by atoms with Crippen LogP contribution in [0.1, 0.15) is 43.7 Å². The van der Waals surface area contributed by atoms with Crippen LogP contribution in [0, 0.1) is 23.1 Å². The van der Waals surface area contributed by atoms with E-state index in [-0.39, 0.29) is 36.0 Å². The van der Waals surface area contributed by atoms with Crippen LogP contribution in [0.5, 0.6) is 0 Å². The van der Waals surface area contributed by atoms with Gasteiger partial charge in [-0.3, -0.25) is 0 Å². The van der Waals surface area contributed by atoms with Gasteiger partial charge >= 0.3 is 5.97 Å². The van der Waals surface area contributed by atoms with Crippen molar-refractivity contribution in [2.75, 3.05) is 13.2 Å². The number of ether oxygens (including phenoxy) is 3. The number of halogens is 1. The Morgan fingerprint density at radius 1 is 1.43 bits per heavy atom. The number of nitrogens with zero attached hydrogens (tertiary/aromatic N) is 1. The summed E-state index contributed by atoms with van der Waals surface area (Å²) in [6.45, 7) is 4.23. The van der Waals surface area contributed by atoms with Crippen LogP contribution in [0.25, 0.3) is 0 Å². The first-order valence-corrected chi connectivity index (χ1v) is 9.27. The Morgan fingerprint density at radius 3 is 2.82 bits per heavy atom. The van der Waals surface area contributed by atoms with E-state index in [1.807, 2.05) is 6.07 Å². The van der Waals surface area contributed by atoms with Crippen LogP contribution in [0.15, 0.2) is 41.0 Å². The topological polar surface area (TPSA) is 94.6 Å². The Kier molecular flexibility index (Phi) is 6.00. The van der Waals surface area contributed by atoms with Crippen LogP contribution in [0.3, 0.4) is 0 Å². The normalized spacial score (nSPS) is 19.3. The first kappa shape index (κ1) is 19.9. The fraction of sp³-hybridized carbons (Fsp3) is 0.429. The number of allylic oxidation sites excluding steroid dienone is 2. The van der Waals surface area contributed by atoms with Crippen molar-refractivity contribution in [2.45, 2.75) is 39.2 Å². The molecule has 0 radical (unpaired) electrons. The number of esters is 1. The van der Waals surface area contributed by atoms with Gasteiger partial charge in [-0.25, -0.2) is 9.18 Å². The number of nitriles is 1. The minimum absolute atomic E-state index is 0.0766. The van der Waals surface area contributed by atoms with Gasteiger partial charge in [0.15, 0.2) is 0 Å². The van der Waals surface area contributed by atoms with Crippen molar-refractivity contribution in [2.24, 2.45) is 11.7 Å². The van der Waals surface area contributed by atoms with Crippen LogP contribution < -0.4 is 5.73 Å². The van der Waals surface area contributed by atoms with Crippen molar-refractivity contribution in [1.29, 1.82) is 5.26 Å². The van der Waals surface area contributed by atoms with Crippen molar-refractivity contribution in [3.8, 4) is 6.07 Å². The van der Waals surface area contributed by atoms with E-state index < -0.39 is 17.7 Å². The molecule has 28 heavy (non-hydrogen) atoms. The molecule has 0 amide bonds. The van der Waals surface area contributed by atoms with E-state index in [9.17, 15) is 14.4 Å². The van der Waals surface area contributed by atoms with Crippen LogP contribution in [-0.2, 0) is 25.6 Å². The Hall–Kier alpha value is -2.85. The molecule has 1 atom stereocenters. The van der Waals surface area contributed by atoms with Crippen LogP contribution in [0.4, 0.5) is 4.39 Å². The fourth-order valence-electron chi connectivity index (χ4n) is 3.27. The second-order valence-corrected chi connectivity index (χ2v) is 6.92. The van der Waals surface area contributed by atoms with E-state index in [0.29, 0.717) is 23.7 Å². The third-order valence-corrected chi connectivity index (χ3v) is 4.83. The summed E-state index contributed by atoms with van der Waals surface area (Å²) in [4.78, 5) is 12.6. The number of carbonyl (C=O) groups is 1. The first-order chi connectivity index (χ1) is 13.5. The van der Waals surface area contributed by atoms with Crippen molar-refractivity contribution in [1.82, 2.24) is 0 Å². The van der Waals surface area contributed by atoms with Gasteiger partial charge in [-0.15, -0.1) is 0 Å². The van der Waals surface area contributed by atoms with Gasteiger partial charge in [-0.1, -0.05) is 6.07 Å². The minimum Gasteiger partial charge on any atom is -0.463 e. The summed E-state index contributed by atoms with van der Waals surface area (Å²) in [6.07, 6.45) is 2.28. The highest BCUT2D eigenvalue weighted by Crippen LogP contribution is 2.41. The zero-order valence-corrected chi connectivity index (χ0v) is 16.0. The van der Waals surface area contributed by atoms with Crippen molar-refractivity contribution in [3.63, 3.8) is 0 Å². The molecule has 2 N–H and O–H groups in total. The van der Waals surface area contributed by atoms with Crippen LogP contribution in [-0.4, -0.2) is 19.2 Å². The number of rotatable bonds is 7. The second-order valence-electron chi connectivity index (χ2n) is 6.92. The maximum absolute atomic E-state index is 13.9. The van der Waals surface area contributed by atoms with E-state index in [2.05, 4.69) is 0 Å². The highest BCUT2D eigenvalue weighted by Gasteiger charge is 2.37. The van der Waals surface area contributed by atoms with Crippen LogP contribution >= 0.6 is 0 Å². The highest BCUT2D eigenvalue weighted by molar-refractivity contribution is 5.92. The number of benzene rings is 1. The van der Waals surface area contributed by atoms with Crippen molar-refractivity contribution in [3.05, 3.63) is 57.9 Å². The Labute approximate surface area is 163 Å². The summed E-state index contributed by atoms with van der Waals surface area (Å²) < 4.78 is 30.2. The average Bonchev–Trinajstić information content (AvgIpc) is 3.46. The number of hydrogen-bond donors (Lipinski definition) is 1. The molecule has 6 nitrogen and oxygen atoms in total. The predicted molar refractivity (Wildman–Crippen MR) is 98.8 cm³/mol. The van der Waals surface area contributed by atoms with Gasteiger partial charge in [0, 0.05) is 6.61 Å². The maximum atomic E-state index is 13.9. The molecule has 1 heterocycles. The van der Waals surface area contributed by atoms with E-state index in [4.69, 9.17) is 19.9 Å². The molecule has 3 rings (SSSR count). The lowest BCUT2D eigenvalue weighted by Gasteiger charge is -2.28. The molecule has 1 aromatic carbocycles. The van der Waals surface area contributed by atoms with Gasteiger partial charge < -0.3 is 19.9 Å². The van der Waals surface area contributed by atoms with E-state index in [1.165, 1.54) is 12.1 Å². The third kappa shape index (κ3) is 4.18. The van der Waals surface area contributed by atoms with Gasteiger partial charge in [-0.2, -0.15) is 5.26 Å². The smallest absolute Gasteiger partial charge is 0.338 e.